The number of nitrogens with two attached hydrogens (primary N) is 1. The molecule has 0 heterocycles. The first-order valence-electron chi connectivity index (χ1n) is 8.37. The molecule has 1 aromatic carbocycles. The van der Waals surface area contributed by atoms with Gasteiger partial charge in [-0.1, -0.05) is 18.2 Å². The van der Waals surface area contributed by atoms with Gasteiger partial charge in [0.2, 0.25) is 0 Å². The third-order valence-electron chi connectivity index (χ3n) is 2.56. The van der Waals surface area contributed by atoms with Crippen LogP contribution in [0, 0.1) is 0 Å². The summed E-state index contributed by atoms with van der Waals surface area (Å²) in [6.45, 7) is 10.7. The maximum atomic E-state index is 8.34. The molecule has 1 rings (SSSR count). The Balaban J connectivity index is 0.000000660. The van der Waals surface area contributed by atoms with Crippen LogP contribution < -0.4 is 10.3 Å². The molecule has 26 heavy (non-hydrogen) atoms. The standard InChI is InChI=1S/C14H23O3P.C4H11NO3/c1-13(2,3)16-18(17-14(4,5)6)15-12-10-8-7-9-11-12;5-4(1-6,2-7)3-8/h7-11H,1-6H3;6-8H,1-3,5H2. The van der Waals surface area contributed by atoms with Crippen LogP contribution in [-0.2, 0) is 9.05 Å². The van der Waals surface area contributed by atoms with Gasteiger partial charge >= 0.3 is 8.60 Å². The fraction of sp³-hybridized carbons (Fsp3) is 0.667. The second-order valence-corrected chi connectivity index (χ2v) is 8.87. The highest BCUT2D eigenvalue weighted by molar-refractivity contribution is 7.42. The second-order valence-electron chi connectivity index (χ2n) is 7.87. The Morgan fingerprint density at radius 3 is 1.46 bits per heavy atom. The Morgan fingerprint density at radius 1 is 0.808 bits per heavy atom. The summed E-state index contributed by atoms with van der Waals surface area (Å²) in [4.78, 5) is 0. The van der Waals surface area contributed by atoms with E-state index in [2.05, 4.69) is 0 Å². The van der Waals surface area contributed by atoms with Crippen LogP contribution in [0.25, 0.3) is 0 Å². The molecule has 0 aliphatic rings. The maximum Gasteiger partial charge on any atom is 0.398 e. The number of hydrogen-bond acceptors (Lipinski definition) is 7. The maximum absolute atomic E-state index is 8.34. The van der Waals surface area contributed by atoms with Gasteiger partial charge in [0.1, 0.15) is 5.75 Å². The normalized spacial score (nSPS) is 12.6. The molecule has 0 radical (unpaired) electrons. The van der Waals surface area contributed by atoms with Crippen molar-refractivity contribution in [1.82, 2.24) is 0 Å². The summed E-state index contributed by atoms with van der Waals surface area (Å²) in [7, 11) is -1.41. The highest BCUT2D eigenvalue weighted by Gasteiger charge is 2.28. The molecule has 1 aromatic rings. The number of para-hydroxylation sites is 1. The highest BCUT2D eigenvalue weighted by atomic mass is 31.2. The van der Waals surface area contributed by atoms with Crippen LogP contribution in [0.4, 0.5) is 0 Å². The topological polar surface area (TPSA) is 114 Å². The Labute approximate surface area is 158 Å². The number of benzene rings is 1. The smallest absolute Gasteiger partial charge is 0.398 e. The molecule has 0 atom stereocenters. The third-order valence-corrected chi connectivity index (χ3v) is 4.32. The van der Waals surface area contributed by atoms with E-state index < -0.39 is 34.0 Å². The lowest BCUT2D eigenvalue weighted by molar-refractivity contribution is 0.0504. The van der Waals surface area contributed by atoms with Crippen molar-refractivity contribution in [3.63, 3.8) is 0 Å². The molecule has 0 unspecified atom stereocenters. The molecule has 0 aliphatic heterocycles. The predicted molar refractivity (Wildman–Crippen MR) is 104 cm³/mol. The number of aliphatic hydroxyl groups is 3. The Bertz CT molecular complexity index is 458. The molecule has 0 fully saturated rings. The SMILES string of the molecule is CC(C)(C)OP(Oc1ccccc1)OC(C)(C)C.NC(CO)(CO)CO. The van der Waals surface area contributed by atoms with Gasteiger partial charge in [-0.05, 0) is 53.7 Å². The summed E-state index contributed by atoms with van der Waals surface area (Å²) in [5.74, 6) is 0.761. The van der Waals surface area contributed by atoms with Crippen LogP contribution in [0.3, 0.4) is 0 Å². The summed E-state index contributed by atoms with van der Waals surface area (Å²) in [6.07, 6.45) is 0. The van der Waals surface area contributed by atoms with E-state index in [0.717, 1.165) is 5.75 Å². The monoisotopic (exact) mass is 391 g/mol. The van der Waals surface area contributed by atoms with Gasteiger partial charge in [-0.3, -0.25) is 9.05 Å². The highest BCUT2D eigenvalue weighted by Crippen LogP contribution is 2.47. The van der Waals surface area contributed by atoms with E-state index in [4.69, 9.17) is 34.6 Å². The van der Waals surface area contributed by atoms with Gasteiger partial charge in [0.25, 0.3) is 0 Å². The molecule has 0 saturated heterocycles. The average molecular weight is 391 g/mol. The Hall–Kier alpha value is -0.790. The molecule has 0 saturated carbocycles. The van der Waals surface area contributed by atoms with Crippen LogP contribution >= 0.6 is 8.60 Å². The van der Waals surface area contributed by atoms with Gasteiger partial charge in [-0.25, -0.2) is 0 Å². The molecule has 0 aromatic heterocycles. The zero-order valence-electron chi connectivity index (χ0n) is 16.6. The van der Waals surface area contributed by atoms with E-state index in [1.165, 1.54) is 0 Å². The number of hydrogen-bond donors (Lipinski definition) is 4. The lowest BCUT2D eigenvalue weighted by atomic mass is 10.1. The van der Waals surface area contributed by atoms with E-state index in [-0.39, 0.29) is 11.2 Å². The minimum absolute atomic E-state index is 0.300. The minimum atomic E-state index is -1.41. The Morgan fingerprint density at radius 2 is 1.19 bits per heavy atom. The summed E-state index contributed by atoms with van der Waals surface area (Å²) in [5, 5.41) is 25.0. The van der Waals surface area contributed by atoms with Gasteiger partial charge in [0, 0.05) is 0 Å². The van der Waals surface area contributed by atoms with Crippen molar-refractivity contribution >= 4 is 8.60 Å². The molecule has 0 spiro atoms. The van der Waals surface area contributed by atoms with Crippen molar-refractivity contribution < 1.29 is 28.9 Å². The molecule has 152 valence electrons. The molecular weight excluding hydrogens is 357 g/mol. The van der Waals surface area contributed by atoms with Crippen LogP contribution in [0.2, 0.25) is 0 Å². The zero-order chi connectivity index (χ0) is 20.4. The lowest BCUT2D eigenvalue weighted by Crippen LogP contribution is -2.50. The summed E-state index contributed by atoms with van der Waals surface area (Å²) >= 11 is 0. The van der Waals surface area contributed by atoms with E-state index >= 15 is 0 Å². The van der Waals surface area contributed by atoms with Crippen molar-refractivity contribution in [1.29, 1.82) is 0 Å². The van der Waals surface area contributed by atoms with Crippen LogP contribution in [0.1, 0.15) is 41.5 Å². The molecule has 5 N–H and O–H groups in total. The van der Waals surface area contributed by atoms with Gasteiger partial charge in [-0.15, -0.1) is 0 Å². The first kappa shape index (κ1) is 25.2. The molecular formula is C18H34NO6P. The van der Waals surface area contributed by atoms with Crippen LogP contribution in [0.5, 0.6) is 5.75 Å². The van der Waals surface area contributed by atoms with Gasteiger partial charge < -0.3 is 25.6 Å². The van der Waals surface area contributed by atoms with Crippen LogP contribution in [0.15, 0.2) is 30.3 Å². The molecule has 8 heteroatoms. The first-order valence-corrected chi connectivity index (χ1v) is 9.46. The van der Waals surface area contributed by atoms with Crippen LogP contribution in [-0.4, -0.2) is 51.9 Å². The van der Waals surface area contributed by atoms with Gasteiger partial charge in [0.15, 0.2) is 0 Å². The number of aliphatic hydroxyl groups excluding tert-OH is 3. The van der Waals surface area contributed by atoms with Crippen molar-refractivity contribution in [3.05, 3.63) is 30.3 Å². The predicted octanol–water partition coefficient (Wildman–Crippen LogP) is 2.58. The van der Waals surface area contributed by atoms with Crippen molar-refractivity contribution in [2.45, 2.75) is 58.3 Å². The first-order chi connectivity index (χ1) is 11.8. The zero-order valence-corrected chi connectivity index (χ0v) is 17.5. The summed E-state index contributed by atoms with van der Waals surface area (Å²) in [6, 6.07) is 9.60. The largest absolute Gasteiger partial charge is 0.427 e. The molecule has 7 nitrogen and oxygen atoms in total. The fourth-order valence-corrected chi connectivity index (χ4v) is 2.52. The quantitative estimate of drug-likeness (QED) is 0.528. The Kier molecular flexibility index (Phi) is 10.8. The van der Waals surface area contributed by atoms with Gasteiger partial charge in [0.05, 0.1) is 36.6 Å². The average Bonchev–Trinajstić information content (AvgIpc) is 2.52. The second kappa shape index (κ2) is 11.1. The van der Waals surface area contributed by atoms with Crippen molar-refractivity contribution in [3.8, 4) is 5.75 Å². The van der Waals surface area contributed by atoms with E-state index in [0.29, 0.717) is 0 Å². The van der Waals surface area contributed by atoms with E-state index in [1.54, 1.807) is 0 Å². The molecule has 0 bridgehead atoms. The van der Waals surface area contributed by atoms with E-state index in [1.807, 2.05) is 71.9 Å². The summed E-state index contributed by atoms with van der Waals surface area (Å²) < 4.78 is 17.5. The van der Waals surface area contributed by atoms with Crippen molar-refractivity contribution in [2.24, 2.45) is 5.73 Å². The third kappa shape index (κ3) is 12.5. The van der Waals surface area contributed by atoms with Crippen molar-refractivity contribution in [2.75, 3.05) is 19.8 Å². The summed E-state index contributed by atoms with van der Waals surface area (Å²) in [5.41, 5.74) is 3.34. The van der Waals surface area contributed by atoms with Gasteiger partial charge in [-0.2, -0.15) is 0 Å². The number of rotatable bonds is 7. The fourth-order valence-electron chi connectivity index (χ4n) is 1.22. The minimum Gasteiger partial charge on any atom is -0.427 e. The molecule has 0 amide bonds. The lowest BCUT2D eigenvalue weighted by Gasteiger charge is -2.30. The van der Waals surface area contributed by atoms with E-state index in [9.17, 15) is 0 Å². The molecule has 0 aliphatic carbocycles.